The Morgan fingerprint density at radius 3 is 2.53 bits per heavy atom. The van der Waals surface area contributed by atoms with E-state index in [2.05, 4.69) is 0 Å². The molecule has 2 heterocycles. The van der Waals surface area contributed by atoms with Crippen molar-refractivity contribution in [2.45, 2.75) is 29.9 Å². The Labute approximate surface area is 177 Å². The van der Waals surface area contributed by atoms with E-state index in [1.165, 1.54) is 4.31 Å². The number of carbonyl (C=O) groups excluding carboxylic acids is 1. The molecule has 2 aromatic carbocycles. The first-order valence-corrected chi connectivity index (χ1v) is 11.6. The molecule has 0 aliphatic carbocycles. The molecule has 0 N–H and O–H groups in total. The van der Waals surface area contributed by atoms with Crippen LogP contribution in [0.25, 0.3) is 0 Å². The van der Waals surface area contributed by atoms with Crippen molar-refractivity contribution in [1.29, 1.82) is 0 Å². The average Bonchev–Trinajstić information content (AvgIpc) is 3.01. The summed E-state index contributed by atoms with van der Waals surface area (Å²) in [5, 5.41) is 0. The van der Waals surface area contributed by atoms with Crippen LogP contribution in [0.4, 0.5) is 0 Å². The maximum Gasteiger partial charge on any atom is 0.253 e. The van der Waals surface area contributed by atoms with Crippen LogP contribution in [0.5, 0.6) is 5.75 Å². The number of fused-ring (bicyclic) bond motifs is 2. The summed E-state index contributed by atoms with van der Waals surface area (Å²) in [4.78, 5) is 14.9. The predicted molar refractivity (Wildman–Crippen MR) is 112 cm³/mol. The molecule has 1 amide bonds. The number of carbonyl (C=O) groups is 1. The summed E-state index contributed by atoms with van der Waals surface area (Å²) in [5.74, 6) is 0.328. The first-order chi connectivity index (χ1) is 14.5. The zero-order valence-corrected chi connectivity index (χ0v) is 17.8. The molecule has 1 saturated heterocycles. The quantitative estimate of drug-likeness (QED) is 0.745. The summed E-state index contributed by atoms with van der Waals surface area (Å²) in [5.41, 5.74) is 0.634. The van der Waals surface area contributed by atoms with E-state index in [1.54, 1.807) is 48.4 Å². The van der Waals surface area contributed by atoms with Crippen LogP contribution < -0.4 is 4.74 Å². The maximum absolute atomic E-state index is 13.4. The number of benzene rings is 2. The molecule has 0 saturated carbocycles. The van der Waals surface area contributed by atoms with Crippen LogP contribution >= 0.6 is 0 Å². The van der Waals surface area contributed by atoms with E-state index in [9.17, 15) is 13.2 Å². The van der Waals surface area contributed by atoms with Gasteiger partial charge in [-0.15, -0.1) is 0 Å². The summed E-state index contributed by atoms with van der Waals surface area (Å²) in [6.45, 7) is 1.50. The van der Waals surface area contributed by atoms with Gasteiger partial charge in [0.1, 0.15) is 16.7 Å². The lowest BCUT2D eigenvalue weighted by atomic mass is 10.1. The Morgan fingerprint density at radius 2 is 1.77 bits per heavy atom. The van der Waals surface area contributed by atoms with Crippen molar-refractivity contribution in [3.63, 3.8) is 0 Å². The summed E-state index contributed by atoms with van der Waals surface area (Å²) in [6, 6.07) is 15.5. The lowest BCUT2D eigenvalue weighted by Gasteiger charge is -2.31. The van der Waals surface area contributed by atoms with Crippen molar-refractivity contribution in [3.8, 4) is 5.75 Å². The number of likely N-dealkylation sites (tertiary alicyclic amines) is 1. The lowest BCUT2D eigenvalue weighted by molar-refractivity contribution is 0.0755. The highest BCUT2D eigenvalue weighted by Crippen LogP contribution is 2.36. The first-order valence-electron chi connectivity index (χ1n) is 10.1. The predicted octanol–water partition coefficient (Wildman–Crippen LogP) is 2.39. The van der Waals surface area contributed by atoms with Crippen LogP contribution in [0.1, 0.15) is 23.2 Å². The van der Waals surface area contributed by atoms with Gasteiger partial charge in [-0.1, -0.05) is 30.3 Å². The van der Waals surface area contributed by atoms with E-state index in [4.69, 9.17) is 9.47 Å². The minimum atomic E-state index is -3.74. The van der Waals surface area contributed by atoms with Crippen molar-refractivity contribution in [2.24, 2.45) is 0 Å². The monoisotopic (exact) mass is 430 g/mol. The Hall–Kier alpha value is -2.42. The van der Waals surface area contributed by atoms with Gasteiger partial charge in [0, 0.05) is 38.7 Å². The SMILES string of the molecule is COCCN1[C@@H]2CCN(C(=O)c3ccccc3)CC[C@H]2Oc2ccccc2S1(=O)=O. The van der Waals surface area contributed by atoms with Gasteiger partial charge in [-0.2, -0.15) is 4.31 Å². The molecule has 0 unspecified atom stereocenters. The van der Waals surface area contributed by atoms with Crippen LogP contribution in [-0.2, 0) is 14.8 Å². The summed E-state index contributed by atoms with van der Waals surface area (Å²) >= 11 is 0. The van der Waals surface area contributed by atoms with Gasteiger partial charge in [-0.25, -0.2) is 8.42 Å². The van der Waals surface area contributed by atoms with Crippen molar-refractivity contribution in [1.82, 2.24) is 9.21 Å². The molecule has 2 atom stereocenters. The number of hydrogen-bond donors (Lipinski definition) is 0. The number of para-hydroxylation sites is 1. The molecular weight excluding hydrogens is 404 g/mol. The molecule has 0 aromatic heterocycles. The Kier molecular flexibility index (Phi) is 6.08. The summed E-state index contributed by atoms with van der Waals surface area (Å²) < 4.78 is 39.8. The normalized spacial score (nSPS) is 23.4. The Balaban J connectivity index is 1.65. The van der Waals surface area contributed by atoms with Gasteiger partial charge in [0.15, 0.2) is 0 Å². The van der Waals surface area contributed by atoms with E-state index < -0.39 is 10.0 Å². The maximum atomic E-state index is 13.4. The van der Waals surface area contributed by atoms with Crippen molar-refractivity contribution in [2.75, 3.05) is 33.4 Å². The van der Waals surface area contributed by atoms with Crippen molar-refractivity contribution >= 4 is 15.9 Å². The second-order valence-electron chi connectivity index (χ2n) is 7.51. The topological polar surface area (TPSA) is 76.2 Å². The minimum Gasteiger partial charge on any atom is -0.487 e. The van der Waals surface area contributed by atoms with Gasteiger partial charge < -0.3 is 14.4 Å². The molecule has 2 aliphatic rings. The van der Waals surface area contributed by atoms with Gasteiger partial charge in [0.25, 0.3) is 5.91 Å². The fourth-order valence-corrected chi connectivity index (χ4v) is 5.98. The van der Waals surface area contributed by atoms with E-state index in [0.29, 0.717) is 37.2 Å². The third-order valence-electron chi connectivity index (χ3n) is 5.72. The van der Waals surface area contributed by atoms with Crippen molar-refractivity contribution < 1.29 is 22.7 Å². The highest BCUT2D eigenvalue weighted by Gasteiger charge is 2.43. The molecule has 0 radical (unpaired) electrons. The number of rotatable bonds is 4. The van der Waals surface area contributed by atoms with Crippen LogP contribution in [0.2, 0.25) is 0 Å². The first kappa shape index (κ1) is 20.8. The molecule has 1 fully saturated rings. The molecule has 30 heavy (non-hydrogen) atoms. The molecule has 7 nitrogen and oxygen atoms in total. The van der Waals surface area contributed by atoms with Gasteiger partial charge in [-0.05, 0) is 30.7 Å². The lowest BCUT2D eigenvalue weighted by Crippen LogP contribution is -2.48. The third kappa shape index (κ3) is 3.95. The smallest absolute Gasteiger partial charge is 0.253 e. The minimum absolute atomic E-state index is 0.0428. The second-order valence-corrected chi connectivity index (χ2v) is 9.37. The third-order valence-corrected chi connectivity index (χ3v) is 7.68. The fourth-order valence-electron chi connectivity index (χ4n) is 4.19. The number of amides is 1. The number of hydrogen-bond acceptors (Lipinski definition) is 5. The molecule has 0 bridgehead atoms. The zero-order valence-electron chi connectivity index (χ0n) is 16.9. The molecule has 2 aliphatic heterocycles. The van der Waals surface area contributed by atoms with E-state index in [1.807, 2.05) is 18.2 Å². The Morgan fingerprint density at radius 1 is 1.07 bits per heavy atom. The largest absolute Gasteiger partial charge is 0.487 e. The standard InChI is InChI=1S/C22H26N2O5S/c1-28-16-15-24-18-11-13-23(22(25)17-7-3-2-4-8-17)14-12-19(18)29-20-9-5-6-10-21(20)30(24,26)27/h2-10,18-19H,11-16H2,1H3/t18-,19-/m1/s1. The molecule has 2 aromatic rings. The van der Waals surface area contributed by atoms with E-state index in [-0.39, 0.29) is 36.1 Å². The summed E-state index contributed by atoms with van der Waals surface area (Å²) in [7, 11) is -2.19. The van der Waals surface area contributed by atoms with Gasteiger partial charge in [0.05, 0.1) is 12.6 Å². The van der Waals surface area contributed by atoms with Gasteiger partial charge >= 0.3 is 0 Å². The van der Waals surface area contributed by atoms with Crippen LogP contribution in [0, 0.1) is 0 Å². The number of nitrogens with zero attached hydrogens (tertiary/aromatic N) is 2. The second kappa shape index (κ2) is 8.75. The summed E-state index contributed by atoms with van der Waals surface area (Å²) in [6.07, 6.45) is 0.713. The van der Waals surface area contributed by atoms with Crippen LogP contribution in [0.3, 0.4) is 0 Å². The van der Waals surface area contributed by atoms with Gasteiger partial charge in [-0.3, -0.25) is 4.79 Å². The highest BCUT2D eigenvalue weighted by atomic mass is 32.2. The number of methoxy groups -OCH3 is 1. The highest BCUT2D eigenvalue weighted by molar-refractivity contribution is 7.89. The van der Waals surface area contributed by atoms with E-state index in [0.717, 1.165) is 0 Å². The molecule has 160 valence electrons. The number of ether oxygens (including phenoxy) is 2. The number of sulfonamides is 1. The van der Waals surface area contributed by atoms with E-state index >= 15 is 0 Å². The fraction of sp³-hybridized carbons (Fsp3) is 0.409. The zero-order chi connectivity index (χ0) is 21.1. The molecule has 8 heteroatoms. The van der Waals surface area contributed by atoms with Gasteiger partial charge in [0.2, 0.25) is 10.0 Å². The molecular formula is C22H26N2O5S. The average molecular weight is 431 g/mol. The Bertz CT molecular complexity index is 996. The van der Waals surface area contributed by atoms with Crippen molar-refractivity contribution in [3.05, 3.63) is 60.2 Å². The molecule has 4 rings (SSSR count). The molecule has 0 spiro atoms. The van der Waals surface area contributed by atoms with Crippen LogP contribution in [-0.4, -0.2) is 69.0 Å². The van der Waals surface area contributed by atoms with Crippen LogP contribution in [0.15, 0.2) is 59.5 Å².